The van der Waals surface area contributed by atoms with E-state index in [9.17, 15) is 19.5 Å². The molecule has 0 spiro atoms. The van der Waals surface area contributed by atoms with E-state index >= 15 is 0 Å². The zero-order chi connectivity index (χ0) is 21.3. The number of nitrogens with zero attached hydrogens (tertiary/aromatic N) is 2. The number of aldehydes is 1. The van der Waals surface area contributed by atoms with Crippen LogP contribution in [0, 0.1) is 0 Å². The first-order valence-corrected chi connectivity index (χ1v) is 9.81. The molecule has 0 fully saturated rings. The van der Waals surface area contributed by atoms with Crippen molar-refractivity contribution in [1.29, 1.82) is 0 Å². The lowest BCUT2D eigenvalue weighted by molar-refractivity contribution is -0.129. The Morgan fingerprint density at radius 3 is 2.31 bits per heavy atom. The molecule has 1 N–H and O–H groups in total. The first-order valence-electron chi connectivity index (χ1n) is 9.81. The van der Waals surface area contributed by atoms with Gasteiger partial charge in [0.1, 0.15) is 12.0 Å². The molecule has 6 heteroatoms. The molecule has 1 heterocycles. The molecule has 0 aromatic heterocycles. The third-order valence-electron chi connectivity index (χ3n) is 6.33. The summed E-state index contributed by atoms with van der Waals surface area (Å²) in [5, 5.41) is 9.74. The minimum atomic E-state index is -0.963. The number of fused-ring (bicyclic) bond motifs is 1. The van der Waals surface area contributed by atoms with Crippen molar-refractivity contribution in [2.24, 2.45) is 0 Å². The van der Waals surface area contributed by atoms with Gasteiger partial charge in [0.15, 0.2) is 0 Å². The average Bonchev–Trinajstić information content (AvgIpc) is 2.71. The Morgan fingerprint density at radius 1 is 1.17 bits per heavy atom. The highest BCUT2D eigenvalue weighted by Crippen LogP contribution is 2.45. The summed E-state index contributed by atoms with van der Waals surface area (Å²) in [5.74, 6) is 0.0265. The fraction of sp³-hybridized carbons (Fsp3) is 0.348. The molecule has 2 aromatic rings. The monoisotopic (exact) mass is 395 g/mol. The zero-order valence-electron chi connectivity index (χ0n) is 17.3. The molecule has 6 nitrogen and oxygen atoms in total. The van der Waals surface area contributed by atoms with Crippen LogP contribution < -0.4 is 4.48 Å². The van der Waals surface area contributed by atoms with Gasteiger partial charge in [0.2, 0.25) is 0 Å². The third-order valence-corrected chi connectivity index (χ3v) is 6.33. The van der Waals surface area contributed by atoms with Gasteiger partial charge in [-0.15, -0.1) is 0 Å². The van der Waals surface area contributed by atoms with Crippen molar-refractivity contribution in [2.75, 3.05) is 13.6 Å². The maximum atomic E-state index is 12.6. The zero-order valence-corrected chi connectivity index (χ0v) is 17.3. The normalized spacial score (nSPS) is 23.2. The van der Waals surface area contributed by atoms with E-state index in [-0.39, 0.29) is 22.5 Å². The number of carbonyl (C=O) groups is 3. The van der Waals surface area contributed by atoms with Crippen LogP contribution in [0.2, 0.25) is 0 Å². The number of quaternary nitrogens is 1. The van der Waals surface area contributed by atoms with Crippen molar-refractivity contribution in [1.82, 2.24) is 9.38 Å². The Hall–Kier alpha value is -2.99. The largest absolute Gasteiger partial charge is 0.465 e. The fourth-order valence-electron chi connectivity index (χ4n) is 4.34. The molecule has 2 aromatic carbocycles. The van der Waals surface area contributed by atoms with Gasteiger partial charge < -0.3 is 10.0 Å². The predicted molar refractivity (Wildman–Crippen MR) is 113 cm³/mol. The second-order valence-corrected chi connectivity index (χ2v) is 7.78. The van der Waals surface area contributed by atoms with E-state index in [1.807, 2.05) is 51.2 Å². The standard InChI is InChI=1S/C23H26N2O4/c1-5-24(23(28)29)21-12-15(2)25(4,16(3)27)22-11-10-19(13-20(21)22)18-8-6-17(14-26)7-9-18/h6-11,13-15,21H,5,12H2,1-4H3/p+1/t15-,21?,25+/m0/s1. The Morgan fingerprint density at radius 2 is 1.79 bits per heavy atom. The number of amides is 2. The molecular weight excluding hydrogens is 368 g/mol. The number of hydrogen-bond acceptors (Lipinski definition) is 3. The van der Waals surface area contributed by atoms with Crippen molar-refractivity contribution < 1.29 is 19.5 Å². The molecule has 3 atom stereocenters. The molecule has 29 heavy (non-hydrogen) atoms. The summed E-state index contributed by atoms with van der Waals surface area (Å²) in [6.45, 7) is 5.78. The van der Waals surface area contributed by atoms with E-state index in [1.54, 1.807) is 19.1 Å². The van der Waals surface area contributed by atoms with Crippen LogP contribution in [0.4, 0.5) is 10.5 Å². The third kappa shape index (κ3) is 3.44. The van der Waals surface area contributed by atoms with Crippen molar-refractivity contribution in [2.45, 2.75) is 39.3 Å². The highest BCUT2D eigenvalue weighted by molar-refractivity contribution is 5.89. The molecular formula is C23H27N2O4+. The fourth-order valence-corrected chi connectivity index (χ4v) is 4.34. The molecule has 0 bridgehead atoms. The van der Waals surface area contributed by atoms with E-state index in [1.165, 1.54) is 4.90 Å². The molecule has 0 aliphatic carbocycles. The first-order chi connectivity index (χ1) is 13.7. The lowest BCUT2D eigenvalue weighted by Gasteiger charge is -2.45. The number of benzene rings is 2. The number of hydrogen-bond donors (Lipinski definition) is 1. The molecule has 1 aliphatic rings. The van der Waals surface area contributed by atoms with Crippen LogP contribution in [0.1, 0.15) is 49.2 Å². The van der Waals surface area contributed by atoms with Crippen molar-refractivity contribution in [3.05, 3.63) is 53.6 Å². The molecule has 1 aliphatic heterocycles. The summed E-state index contributed by atoms with van der Waals surface area (Å²) in [6.07, 6.45) is 0.405. The lowest BCUT2D eigenvalue weighted by Crippen LogP contribution is -2.60. The van der Waals surface area contributed by atoms with Gasteiger partial charge >= 0.3 is 12.0 Å². The van der Waals surface area contributed by atoms with Gasteiger partial charge in [-0.2, -0.15) is 0 Å². The molecule has 0 saturated carbocycles. The lowest BCUT2D eigenvalue weighted by atomic mass is 9.86. The number of rotatable bonds is 4. The minimum Gasteiger partial charge on any atom is -0.465 e. The van der Waals surface area contributed by atoms with E-state index in [0.717, 1.165) is 28.7 Å². The summed E-state index contributed by atoms with van der Waals surface area (Å²) >= 11 is 0. The van der Waals surface area contributed by atoms with Crippen LogP contribution in [0.15, 0.2) is 42.5 Å². The molecule has 0 radical (unpaired) electrons. The summed E-state index contributed by atoms with van der Waals surface area (Å²) in [7, 11) is 1.90. The van der Waals surface area contributed by atoms with Crippen LogP contribution in [-0.2, 0) is 4.79 Å². The summed E-state index contributed by atoms with van der Waals surface area (Å²) in [4.78, 5) is 36.9. The molecule has 3 rings (SSSR count). The van der Waals surface area contributed by atoms with Gasteiger partial charge in [-0.3, -0.25) is 4.79 Å². The summed E-state index contributed by atoms with van der Waals surface area (Å²) < 4.78 is 0.146. The van der Waals surface area contributed by atoms with Crippen LogP contribution in [0.25, 0.3) is 11.1 Å². The molecule has 1 unspecified atom stereocenters. The summed E-state index contributed by atoms with van der Waals surface area (Å²) in [5.41, 5.74) is 4.17. The quantitative estimate of drug-likeness (QED) is 0.612. The van der Waals surface area contributed by atoms with Crippen LogP contribution in [0.5, 0.6) is 0 Å². The van der Waals surface area contributed by atoms with Crippen molar-refractivity contribution >= 4 is 24.0 Å². The minimum absolute atomic E-state index is 0.0265. The molecule has 0 saturated heterocycles. The van der Waals surface area contributed by atoms with Gasteiger partial charge in [-0.25, -0.2) is 14.1 Å². The highest BCUT2D eigenvalue weighted by Gasteiger charge is 2.47. The Labute approximate surface area is 171 Å². The van der Waals surface area contributed by atoms with Gasteiger partial charge in [0.05, 0.1) is 26.1 Å². The predicted octanol–water partition coefficient (Wildman–Crippen LogP) is 4.48. The maximum Gasteiger partial charge on any atom is 0.407 e. The Kier molecular flexibility index (Phi) is 5.57. The Balaban J connectivity index is 2.20. The van der Waals surface area contributed by atoms with Crippen LogP contribution >= 0.6 is 0 Å². The SMILES string of the molecule is CCN(C(=O)O)C1C[C@H](C)[N@+](C)(C(C)=O)c2ccc(-c3ccc(C=O)cc3)cc21. The van der Waals surface area contributed by atoms with E-state index in [4.69, 9.17) is 0 Å². The maximum absolute atomic E-state index is 12.6. The van der Waals surface area contributed by atoms with Crippen molar-refractivity contribution in [3.8, 4) is 11.1 Å². The topological polar surface area (TPSA) is 74.7 Å². The smallest absolute Gasteiger partial charge is 0.407 e. The highest BCUT2D eigenvalue weighted by atomic mass is 16.4. The Bertz CT molecular complexity index is 954. The van der Waals surface area contributed by atoms with Crippen molar-refractivity contribution in [3.63, 3.8) is 0 Å². The van der Waals surface area contributed by atoms with Gasteiger partial charge in [-0.1, -0.05) is 24.3 Å². The summed E-state index contributed by atoms with van der Waals surface area (Å²) in [6, 6.07) is 12.8. The second kappa shape index (κ2) is 7.79. The van der Waals surface area contributed by atoms with Crippen LogP contribution in [0.3, 0.4) is 0 Å². The van der Waals surface area contributed by atoms with E-state index in [2.05, 4.69) is 0 Å². The van der Waals surface area contributed by atoms with Gasteiger partial charge in [0, 0.05) is 30.2 Å². The average molecular weight is 395 g/mol. The van der Waals surface area contributed by atoms with Gasteiger partial charge in [0.25, 0.3) is 0 Å². The number of carboxylic acid groups (broad SMARTS) is 1. The molecule has 2 amide bonds. The first kappa shape index (κ1) is 20.7. The van der Waals surface area contributed by atoms with Gasteiger partial charge in [-0.05, 0) is 37.1 Å². The van der Waals surface area contributed by atoms with Crippen LogP contribution in [-0.4, -0.2) is 47.9 Å². The second-order valence-electron chi connectivity index (χ2n) is 7.78. The molecule has 152 valence electrons. The van der Waals surface area contributed by atoms with E-state index in [0.29, 0.717) is 18.5 Å². The van der Waals surface area contributed by atoms with E-state index < -0.39 is 6.09 Å². The number of carbonyl (C=O) groups excluding carboxylic acids is 2.